The molecule has 10 nitrogen and oxygen atoms in total. The van der Waals surface area contributed by atoms with Crippen LogP contribution in [-0.4, -0.2) is 76.7 Å². The smallest absolute Gasteiger partial charge is 0.322 e. The molecule has 11 heteroatoms. The Bertz CT molecular complexity index is 746. The van der Waals surface area contributed by atoms with Crippen LogP contribution in [-0.2, 0) is 25.6 Å². The molecule has 7 N–H and O–H groups in total. The van der Waals surface area contributed by atoms with Crippen LogP contribution in [0.1, 0.15) is 18.9 Å². The molecule has 4 atom stereocenters. The fourth-order valence-electron chi connectivity index (χ4n) is 2.65. The maximum Gasteiger partial charge on any atom is 0.322 e. The fourth-order valence-corrected chi connectivity index (χ4v) is 3.14. The molecule has 0 saturated heterocycles. The topological polar surface area (TPSA) is 171 Å². The average Bonchev–Trinajstić information content (AvgIpc) is 2.73. The Labute approximate surface area is 185 Å². The predicted molar refractivity (Wildman–Crippen MR) is 117 cm³/mol. The van der Waals surface area contributed by atoms with Crippen LogP contribution in [0.3, 0.4) is 0 Å². The Morgan fingerprint density at radius 3 is 2.26 bits per heavy atom. The SMILES string of the molecule is CSCCC(N)C(=O)NC(Cc1ccccc1)C(=O)NC(C(=O)NCC(=O)O)C(C)O. The highest BCUT2D eigenvalue weighted by molar-refractivity contribution is 7.98. The van der Waals surface area contributed by atoms with Crippen LogP contribution in [0, 0.1) is 0 Å². The maximum atomic E-state index is 12.9. The van der Waals surface area contributed by atoms with E-state index in [-0.39, 0.29) is 6.42 Å². The van der Waals surface area contributed by atoms with Crippen LogP contribution in [0.4, 0.5) is 0 Å². The van der Waals surface area contributed by atoms with Crippen molar-refractivity contribution in [2.45, 2.75) is 44.0 Å². The first-order valence-electron chi connectivity index (χ1n) is 9.72. The van der Waals surface area contributed by atoms with Gasteiger partial charge in [-0.3, -0.25) is 19.2 Å². The molecule has 1 aromatic carbocycles. The van der Waals surface area contributed by atoms with Gasteiger partial charge in [-0.05, 0) is 30.9 Å². The predicted octanol–water partition coefficient (Wildman–Crippen LogP) is -1.14. The number of carbonyl (C=O) groups is 4. The van der Waals surface area contributed by atoms with E-state index in [9.17, 15) is 24.3 Å². The zero-order chi connectivity index (χ0) is 23.4. The summed E-state index contributed by atoms with van der Waals surface area (Å²) in [7, 11) is 0. The number of hydrogen-bond donors (Lipinski definition) is 6. The molecule has 3 amide bonds. The van der Waals surface area contributed by atoms with E-state index in [4.69, 9.17) is 10.8 Å². The molecule has 0 aliphatic heterocycles. The third kappa shape index (κ3) is 9.81. The molecular weight excluding hydrogens is 424 g/mol. The standard InChI is InChI=1S/C20H30N4O6S/c1-12(25)17(20(30)22-11-16(26)27)24-19(29)15(10-13-6-4-3-5-7-13)23-18(28)14(21)8-9-31-2/h3-7,12,14-15,17,25H,8-11,21H2,1-2H3,(H,22,30)(H,23,28)(H,24,29)(H,26,27). The molecular formula is C20H30N4O6S. The number of aliphatic hydroxyl groups excluding tert-OH is 1. The molecule has 0 saturated carbocycles. The number of amides is 3. The molecule has 0 aliphatic carbocycles. The van der Waals surface area contributed by atoms with Crippen molar-refractivity contribution in [1.29, 1.82) is 0 Å². The second kappa shape index (κ2) is 13.6. The van der Waals surface area contributed by atoms with Crippen molar-refractivity contribution in [2.24, 2.45) is 5.73 Å². The van der Waals surface area contributed by atoms with Gasteiger partial charge in [-0.25, -0.2) is 0 Å². The third-order valence-corrected chi connectivity index (χ3v) is 5.01. The van der Waals surface area contributed by atoms with E-state index in [0.29, 0.717) is 12.2 Å². The van der Waals surface area contributed by atoms with Gasteiger partial charge in [-0.2, -0.15) is 11.8 Å². The van der Waals surface area contributed by atoms with Crippen molar-refractivity contribution in [3.63, 3.8) is 0 Å². The quantitative estimate of drug-likeness (QED) is 0.217. The van der Waals surface area contributed by atoms with Gasteiger partial charge in [0.15, 0.2) is 0 Å². The van der Waals surface area contributed by atoms with Gasteiger partial charge in [0, 0.05) is 6.42 Å². The lowest BCUT2D eigenvalue weighted by Gasteiger charge is -2.25. The minimum atomic E-state index is -1.40. The van der Waals surface area contributed by atoms with Crippen molar-refractivity contribution < 1.29 is 29.4 Å². The highest BCUT2D eigenvalue weighted by Gasteiger charge is 2.30. The molecule has 1 aromatic rings. The molecule has 4 unspecified atom stereocenters. The van der Waals surface area contributed by atoms with E-state index in [2.05, 4.69) is 16.0 Å². The Kier molecular flexibility index (Phi) is 11.6. The van der Waals surface area contributed by atoms with Gasteiger partial charge in [0.2, 0.25) is 17.7 Å². The van der Waals surface area contributed by atoms with Gasteiger partial charge >= 0.3 is 5.97 Å². The van der Waals surface area contributed by atoms with Crippen LogP contribution in [0.5, 0.6) is 0 Å². The van der Waals surface area contributed by atoms with Crippen LogP contribution in [0.25, 0.3) is 0 Å². The maximum absolute atomic E-state index is 12.9. The van der Waals surface area contributed by atoms with Crippen molar-refractivity contribution >= 4 is 35.5 Å². The number of nitrogens with two attached hydrogens (primary N) is 1. The van der Waals surface area contributed by atoms with Gasteiger partial charge < -0.3 is 31.9 Å². The molecule has 0 aromatic heterocycles. The van der Waals surface area contributed by atoms with Gasteiger partial charge in [-0.15, -0.1) is 0 Å². The minimum absolute atomic E-state index is 0.136. The molecule has 0 bridgehead atoms. The minimum Gasteiger partial charge on any atom is -0.480 e. The number of carboxylic acid groups (broad SMARTS) is 1. The summed E-state index contributed by atoms with van der Waals surface area (Å²) in [6.45, 7) is 0.626. The molecule has 1 rings (SSSR count). The lowest BCUT2D eigenvalue weighted by Crippen LogP contribution is -2.59. The molecule has 31 heavy (non-hydrogen) atoms. The summed E-state index contributed by atoms with van der Waals surface area (Å²) in [5.41, 5.74) is 6.66. The summed E-state index contributed by atoms with van der Waals surface area (Å²) in [6, 6.07) is 5.70. The number of rotatable bonds is 13. The Hall–Kier alpha value is -2.63. The van der Waals surface area contributed by atoms with Gasteiger partial charge in [-0.1, -0.05) is 30.3 Å². The third-order valence-electron chi connectivity index (χ3n) is 4.36. The van der Waals surface area contributed by atoms with Crippen LogP contribution in [0.15, 0.2) is 30.3 Å². The Morgan fingerprint density at radius 2 is 1.71 bits per heavy atom. The van der Waals surface area contributed by atoms with E-state index < -0.39 is 54.5 Å². The average molecular weight is 455 g/mol. The number of thioether (sulfide) groups is 1. The van der Waals surface area contributed by atoms with Gasteiger partial charge in [0.25, 0.3) is 0 Å². The fraction of sp³-hybridized carbons (Fsp3) is 0.500. The van der Waals surface area contributed by atoms with Gasteiger partial charge in [0.05, 0.1) is 12.1 Å². The second-order valence-electron chi connectivity index (χ2n) is 6.98. The van der Waals surface area contributed by atoms with Crippen LogP contribution in [0.2, 0.25) is 0 Å². The van der Waals surface area contributed by atoms with E-state index in [1.807, 2.05) is 12.3 Å². The molecule has 172 valence electrons. The number of aliphatic hydroxyl groups is 1. The highest BCUT2D eigenvalue weighted by atomic mass is 32.2. The number of carboxylic acids is 1. The Balaban J connectivity index is 2.95. The zero-order valence-corrected chi connectivity index (χ0v) is 18.4. The summed E-state index contributed by atoms with van der Waals surface area (Å²) in [5, 5.41) is 25.7. The summed E-state index contributed by atoms with van der Waals surface area (Å²) < 4.78 is 0. The molecule has 0 radical (unpaired) electrons. The van der Waals surface area contributed by atoms with Crippen molar-refractivity contribution in [2.75, 3.05) is 18.6 Å². The van der Waals surface area contributed by atoms with E-state index >= 15 is 0 Å². The largest absolute Gasteiger partial charge is 0.480 e. The van der Waals surface area contributed by atoms with Crippen molar-refractivity contribution in [3.8, 4) is 0 Å². The van der Waals surface area contributed by atoms with Crippen molar-refractivity contribution in [1.82, 2.24) is 16.0 Å². The van der Waals surface area contributed by atoms with E-state index in [0.717, 1.165) is 5.56 Å². The zero-order valence-electron chi connectivity index (χ0n) is 17.5. The summed E-state index contributed by atoms with van der Waals surface area (Å²) in [6.07, 6.45) is 1.16. The normalized spacial score (nSPS) is 14.6. The molecule has 0 aliphatic rings. The first-order chi connectivity index (χ1) is 14.6. The van der Waals surface area contributed by atoms with Crippen LogP contribution >= 0.6 is 11.8 Å². The van der Waals surface area contributed by atoms with E-state index in [1.54, 1.807) is 36.0 Å². The second-order valence-corrected chi connectivity index (χ2v) is 7.96. The van der Waals surface area contributed by atoms with Crippen molar-refractivity contribution in [3.05, 3.63) is 35.9 Å². The summed E-state index contributed by atoms with van der Waals surface area (Å²) >= 11 is 1.54. The summed E-state index contributed by atoms with van der Waals surface area (Å²) in [5.74, 6) is -2.65. The molecule has 0 spiro atoms. The van der Waals surface area contributed by atoms with Crippen LogP contribution < -0.4 is 21.7 Å². The number of carbonyl (C=O) groups excluding carboxylic acids is 3. The number of hydrogen-bond acceptors (Lipinski definition) is 7. The van der Waals surface area contributed by atoms with E-state index in [1.165, 1.54) is 6.92 Å². The lowest BCUT2D eigenvalue weighted by atomic mass is 10.0. The number of aliphatic carboxylic acids is 1. The number of nitrogens with one attached hydrogen (secondary N) is 3. The summed E-state index contributed by atoms with van der Waals surface area (Å²) in [4.78, 5) is 48.2. The molecule has 0 heterocycles. The highest BCUT2D eigenvalue weighted by Crippen LogP contribution is 2.06. The monoisotopic (exact) mass is 454 g/mol. The Morgan fingerprint density at radius 1 is 1.06 bits per heavy atom. The first-order valence-corrected chi connectivity index (χ1v) is 11.1. The van der Waals surface area contributed by atoms with Gasteiger partial charge in [0.1, 0.15) is 18.6 Å². The molecule has 0 fully saturated rings. The number of benzene rings is 1. The first kappa shape index (κ1) is 26.4. The lowest BCUT2D eigenvalue weighted by molar-refractivity contribution is -0.139.